The molecule has 0 radical (unpaired) electrons. The van der Waals surface area contributed by atoms with E-state index >= 15 is 0 Å². The molecule has 2 aromatic carbocycles. The number of hydrogen-bond acceptors (Lipinski definition) is 5. The lowest BCUT2D eigenvalue weighted by Gasteiger charge is -2.18. The standard InChI is InChI=1S/C19H19ClF2N2O5S/c1-28-16-6-4-12(10-17(16)30(26,27)24-8-2-3-9-24)18(25)23-13-5-7-15(14(20)11-13)29-19(21)22/h4-7,10-11,19H,2-3,8-9H2,1H3,(H,23,25). The number of hydrogen-bond donors (Lipinski definition) is 1. The van der Waals surface area contributed by atoms with Crippen LogP contribution in [0.5, 0.6) is 11.5 Å². The fraction of sp³-hybridized carbons (Fsp3) is 0.316. The predicted octanol–water partition coefficient (Wildman–Crippen LogP) is 3.99. The van der Waals surface area contributed by atoms with E-state index in [9.17, 15) is 22.0 Å². The van der Waals surface area contributed by atoms with Crippen molar-refractivity contribution in [2.75, 3.05) is 25.5 Å². The maximum atomic E-state index is 12.9. The normalized spacial score (nSPS) is 14.7. The van der Waals surface area contributed by atoms with Crippen molar-refractivity contribution in [1.82, 2.24) is 4.31 Å². The van der Waals surface area contributed by atoms with Crippen molar-refractivity contribution < 1.29 is 31.5 Å². The van der Waals surface area contributed by atoms with Crippen molar-refractivity contribution in [1.29, 1.82) is 0 Å². The summed E-state index contributed by atoms with van der Waals surface area (Å²) in [7, 11) is -2.46. The van der Waals surface area contributed by atoms with E-state index in [4.69, 9.17) is 16.3 Å². The van der Waals surface area contributed by atoms with E-state index in [1.807, 2.05) is 0 Å². The number of methoxy groups -OCH3 is 1. The van der Waals surface area contributed by atoms with Crippen LogP contribution in [-0.4, -0.2) is 45.4 Å². The van der Waals surface area contributed by atoms with Crippen molar-refractivity contribution in [2.24, 2.45) is 0 Å². The molecule has 1 saturated heterocycles. The molecule has 11 heteroatoms. The third-order valence-corrected chi connectivity index (χ3v) is 6.73. The average Bonchev–Trinajstić information content (AvgIpc) is 3.25. The fourth-order valence-corrected chi connectivity index (χ4v) is 4.98. The number of alkyl halides is 2. The van der Waals surface area contributed by atoms with Gasteiger partial charge in [0.25, 0.3) is 5.91 Å². The summed E-state index contributed by atoms with van der Waals surface area (Å²) in [4.78, 5) is 12.5. The van der Waals surface area contributed by atoms with Crippen molar-refractivity contribution in [2.45, 2.75) is 24.3 Å². The molecule has 30 heavy (non-hydrogen) atoms. The second-order valence-electron chi connectivity index (χ2n) is 6.45. The van der Waals surface area contributed by atoms with Gasteiger partial charge in [0.05, 0.1) is 12.1 Å². The first kappa shape index (κ1) is 22.3. The van der Waals surface area contributed by atoms with Crippen molar-refractivity contribution >= 4 is 33.2 Å². The number of nitrogens with zero attached hydrogens (tertiary/aromatic N) is 1. The van der Waals surface area contributed by atoms with Crippen LogP contribution < -0.4 is 14.8 Å². The maximum Gasteiger partial charge on any atom is 0.387 e. The average molecular weight is 461 g/mol. The van der Waals surface area contributed by atoms with E-state index in [1.54, 1.807) is 0 Å². The summed E-state index contributed by atoms with van der Waals surface area (Å²) in [6.45, 7) is -2.21. The first-order chi connectivity index (χ1) is 14.2. The van der Waals surface area contributed by atoms with Crippen molar-refractivity contribution in [3.8, 4) is 11.5 Å². The molecule has 7 nitrogen and oxygen atoms in total. The van der Waals surface area contributed by atoms with E-state index < -0.39 is 22.5 Å². The zero-order chi connectivity index (χ0) is 21.9. The lowest BCUT2D eigenvalue weighted by molar-refractivity contribution is -0.0497. The zero-order valence-electron chi connectivity index (χ0n) is 15.9. The summed E-state index contributed by atoms with van der Waals surface area (Å²) in [6, 6.07) is 7.87. The smallest absolute Gasteiger partial charge is 0.387 e. The van der Waals surface area contributed by atoms with Crippen LogP contribution in [0.3, 0.4) is 0 Å². The van der Waals surface area contributed by atoms with Gasteiger partial charge in [-0.1, -0.05) is 11.6 Å². The second kappa shape index (κ2) is 9.15. The van der Waals surface area contributed by atoms with Gasteiger partial charge >= 0.3 is 6.61 Å². The molecule has 1 N–H and O–H groups in total. The Morgan fingerprint density at radius 2 is 1.80 bits per heavy atom. The van der Waals surface area contributed by atoms with Crippen LogP contribution >= 0.6 is 11.6 Å². The summed E-state index contributed by atoms with van der Waals surface area (Å²) in [6.07, 6.45) is 1.54. The summed E-state index contributed by atoms with van der Waals surface area (Å²) in [5.41, 5.74) is 0.309. The number of sulfonamides is 1. The molecule has 162 valence electrons. The first-order valence-electron chi connectivity index (χ1n) is 8.96. The molecule has 1 aliphatic heterocycles. The van der Waals surface area contributed by atoms with Crippen molar-refractivity contribution in [3.63, 3.8) is 0 Å². The molecule has 0 unspecified atom stereocenters. The monoisotopic (exact) mass is 460 g/mol. The number of anilines is 1. The molecular formula is C19H19ClF2N2O5S. The minimum Gasteiger partial charge on any atom is -0.495 e. The number of carbonyl (C=O) groups excluding carboxylic acids is 1. The largest absolute Gasteiger partial charge is 0.495 e. The highest BCUT2D eigenvalue weighted by atomic mass is 35.5. The van der Waals surface area contributed by atoms with Crippen LogP contribution in [0.1, 0.15) is 23.2 Å². The summed E-state index contributed by atoms with van der Waals surface area (Å²) in [5.74, 6) is -0.697. The van der Waals surface area contributed by atoms with Crippen LogP contribution in [0.15, 0.2) is 41.3 Å². The highest BCUT2D eigenvalue weighted by Gasteiger charge is 2.30. The molecule has 0 saturated carbocycles. The molecule has 0 aromatic heterocycles. The third kappa shape index (κ3) is 4.82. The summed E-state index contributed by atoms with van der Waals surface area (Å²) in [5, 5.41) is 2.44. The molecule has 1 aliphatic rings. The minimum absolute atomic E-state index is 0.0811. The van der Waals surface area contributed by atoms with Crippen molar-refractivity contribution in [3.05, 3.63) is 47.0 Å². The van der Waals surface area contributed by atoms with Gasteiger partial charge in [-0.25, -0.2) is 8.42 Å². The Morgan fingerprint density at radius 3 is 2.40 bits per heavy atom. The van der Waals surface area contributed by atoms with Crippen LogP contribution in [0.4, 0.5) is 14.5 Å². The Morgan fingerprint density at radius 1 is 1.13 bits per heavy atom. The Kier molecular flexibility index (Phi) is 6.79. The molecule has 1 fully saturated rings. The van der Waals surface area contributed by atoms with Crippen LogP contribution in [0, 0.1) is 0 Å². The summed E-state index contributed by atoms with van der Waals surface area (Å²) >= 11 is 5.89. The SMILES string of the molecule is COc1ccc(C(=O)Nc2ccc(OC(F)F)c(Cl)c2)cc1S(=O)(=O)N1CCCC1. The zero-order valence-corrected chi connectivity index (χ0v) is 17.5. The van der Waals surface area contributed by atoms with Gasteiger partial charge in [-0.05, 0) is 49.2 Å². The lowest BCUT2D eigenvalue weighted by Crippen LogP contribution is -2.28. The van der Waals surface area contributed by atoms with Gasteiger partial charge in [0.2, 0.25) is 10.0 Å². The predicted molar refractivity (Wildman–Crippen MR) is 107 cm³/mol. The van der Waals surface area contributed by atoms with Gasteiger partial charge in [0, 0.05) is 24.3 Å². The molecule has 0 spiro atoms. The number of nitrogens with one attached hydrogen (secondary N) is 1. The van der Waals surface area contributed by atoms with Crippen LogP contribution in [0.2, 0.25) is 5.02 Å². The minimum atomic E-state index is -3.81. The first-order valence-corrected chi connectivity index (χ1v) is 10.8. The Labute approximate surface area is 177 Å². The quantitative estimate of drug-likeness (QED) is 0.675. The fourth-order valence-electron chi connectivity index (χ4n) is 3.06. The second-order valence-corrected chi connectivity index (χ2v) is 8.77. The Bertz CT molecular complexity index is 1040. The highest BCUT2D eigenvalue weighted by Crippen LogP contribution is 2.31. The van der Waals surface area contributed by atoms with Crippen LogP contribution in [-0.2, 0) is 10.0 Å². The lowest BCUT2D eigenvalue weighted by atomic mass is 10.2. The van der Waals surface area contributed by atoms with Gasteiger partial charge in [-0.15, -0.1) is 0 Å². The summed E-state index contributed by atoms with van der Waals surface area (Å²) < 4.78 is 61.3. The Balaban J connectivity index is 1.85. The van der Waals surface area contributed by atoms with E-state index in [-0.39, 0.29) is 32.7 Å². The number of halogens is 3. The van der Waals surface area contributed by atoms with Gasteiger partial charge in [-0.3, -0.25) is 4.79 Å². The molecule has 0 aliphatic carbocycles. The number of carbonyl (C=O) groups is 1. The molecule has 2 aromatic rings. The third-order valence-electron chi connectivity index (χ3n) is 4.51. The molecular weight excluding hydrogens is 442 g/mol. The van der Waals surface area contributed by atoms with E-state index in [1.165, 1.54) is 47.8 Å². The van der Waals surface area contributed by atoms with Gasteiger partial charge in [0.15, 0.2) is 0 Å². The number of benzene rings is 2. The molecule has 1 amide bonds. The van der Waals surface area contributed by atoms with E-state index in [2.05, 4.69) is 10.1 Å². The molecule has 0 atom stereocenters. The van der Waals surface area contributed by atoms with Gasteiger partial charge in [-0.2, -0.15) is 13.1 Å². The van der Waals surface area contributed by atoms with Gasteiger partial charge < -0.3 is 14.8 Å². The number of ether oxygens (including phenoxy) is 2. The molecule has 3 rings (SSSR count). The topological polar surface area (TPSA) is 84.9 Å². The highest BCUT2D eigenvalue weighted by molar-refractivity contribution is 7.89. The van der Waals surface area contributed by atoms with Gasteiger partial charge in [0.1, 0.15) is 16.4 Å². The van der Waals surface area contributed by atoms with E-state index in [0.29, 0.717) is 13.1 Å². The van der Waals surface area contributed by atoms with Crippen LogP contribution in [0.25, 0.3) is 0 Å². The molecule has 1 heterocycles. The number of rotatable bonds is 7. The number of amides is 1. The maximum absolute atomic E-state index is 12.9. The Hall–Kier alpha value is -2.43. The van der Waals surface area contributed by atoms with E-state index in [0.717, 1.165) is 12.8 Å². The molecule has 0 bridgehead atoms.